The van der Waals surface area contributed by atoms with E-state index >= 15 is 0 Å². The van der Waals surface area contributed by atoms with E-state index in [4.69, 9.17) is 9.40 Å². The number of hydrogen-bond donors (Lipinski definition) is 2. The SMILES string of the molecule is O=C1CCC(N2C(=O)c3ccc(CNC(=O)c4ccc(-c5ccc(-c6cc(-c7ccc([N+](=O)[O-])cc7)nc(-c7ccco7)c6)cc5)cc4)cc3C2=O)C(=O)N1. The van der Waals surface area contributed by atoms with Crippen LogP contribution in [0, 0.1) is 10.1 Å². The lowest BCUT2D eigenvalue weighted by Crippen LogP contribution is -2.54. The minimum absolute atomic E-state index is 0.00781. The first-order chi connectivity index (χ1) is 26.6. The summed E-state index contributed by atoms with van der Waals surface area (Å²) in [6, 6.07) is 32.4. The number of nitrogens with zero attached hydrogens (tertiary/aromatic N) is 3. The predicted molar refractivity (Wildman–Crippen MR) is 199 cm³/mol. The molecular formula is C42H29N5O8. The van der Waals surface area contributed by atoms with E-state index in [9.17, 15) is 34.1 Å². The minimum atomic E-state index is -1.05. The molecule has 0 radical (unpaired) electrons. The van der Waals surface area contributed by atoms with E-state index in [1.807, 2.05) is 54.6 Å². The molecule has 4 heterocycles. The Morgan fingerprint density at radius 3 is 2.07 bits per heavy atom. The minimum Gasteiger partial charge on any atom is -0.463 e. The number of hydrogen-bond acceptors (Lipinski definition) is 9. The van der Waals surface area contributed by atoms with Crippen LogP contribution in [0.1, 0.15) is 49.5 Å². The highest BCUT2D eigenvalue weighted by atomic mass is 16.6. The van der Waals surface area contributed by atoms with Gasteiger partial charge in [0.05, 0.1) is 28.0 Å². The van der Waals surface area contributed by atoms with Crippen molar-refractivity contribution < 1.29 is 33.3 Å². The molecule has 55 heavy (non-hydrogen) atoms. The molecule has 2 aliphatic heterocycles. The van der Waals surface area contributed by atoms with Gasteiger partial charge in [0.1, 0.15) is 11.7 Å². The zero-order chi connectivity index (χ0) is 38.2. The van der Waals surface area contributed by atoms with Gasteiger partial charge in [0.2, 0.25) is 11.8 Å². The van der Waals surface area contributed by atoms with Gasteiger partial charge < -0.3 is 9.73 Å². The summed E-state index contributed by atoms with van der Waals surface area (Å²) in [6.07, 6.45) is 1.67. The van der Waals surface area contributed by atoms with Gasteiger partial charge in [-0.05, 0) is 94.9 Å². The largest absolute Gasteiger partial charge is 0.463 e. The maximum Gasteiger partial charge on any atom is 0.269 e. The van der Waals surface area contributed by atoms with Crippen LogP contribution in [0.25, 0.3) is 45.0 Å². The first-order valence-electron chi connectivity index (χ1n) is 17.3. The van der Waals surface area contributed by atoms with E-state index in [-0.39, 0.29) is 42.1 Å². The molecule has 0 bridgehead atoms. The van der Waals surface area contributed by atoms with Gasteiger partial charge in [-0.3, -0.25) is 44.3 Å². The third kappa shape index (κ3) is 6.77. The monoisotopic (exact) mass is 731 g/mol. The van der Waals surface area contributed by atoms with Gasteiger partial charge >= 0.3 is 0 Å². The number of aromatic nitrogens is 1. The Kier molecular flexibility index (Phi) is 8.87. The molecular weight excluding hydrogens is 702 g/mol. The number of nitro groups is 1. The lowest BCUT2D eigenvalue weighted by molar-refractivity contribution is -0.384. The fraction of sp³-hybridized carbons (Fsp3) is 0.0952. The summed E-state index contributed by atoms with van der Waals surface area (Å²) >= 11 is 0. The van der Waals surface area contributed by atoms with Crippen molar-refractivity contribution in [2.45, 2.75) is 25.4 Å². The number of carbonyl (C=O) groups is 5. The normalized spacial score (nSPS) is 15.1. The molecule has 0 saturated carbocycles. The van der Waals surface area contributed by atoms with Crippen LogP contribution < -0.4 is 10.6 Å². The van der Waals surface area contributed by atoms with Gasteiger partial charge in [-0.2, -0.15) is 0 Å². The number of non-ortho nitro benzene ring substituents is 1. The van der Waals surface area contributed by atoms with Gasteiger partial charge in [-0.25, -0.2) is 4.98 Å². The standard InChI is InChI=1S/C42H29N5O8/c48-38-18-17-36(40(50)45-38)46-41(51)32-16-3-24(20-33(32)42(46)52)23-43-39(49)29-10-8-26(9-11-29)25-4-6-27(7-5-25)30-21-34(28-12-14-31(15-13-28)47(53)54)44-35(22-30)37-2-1-19-55-37/h1-16,19-22,36H,17-18,23H2,(H,43,49)(H,45,48,50). The van der Waals surface area contributed by atoms with Crippen molar-refractivity contribution in [3.8, 4) is 45.0 Å². The van der Waals surface area contributed by atoms with Crippen LogP contribution in [0.5, 0.6) is 0 Å². The number of pyridine rings is 1. The number of piperidine rings is 1. The van der Waals surface area contributed by atoms with Crippen LogP contribution in [0.4, 0.5) is 5.69 Å². The maximum atomic E-state index is 13.2. The number of benzene rings is 4. The van der Waals surface area contributed by atoms with Crippen LogP contribution in [0.3, 0.4) is 0 Å². The number of nitro benzene ring substituents is 1. The van der Waals surface area contributed by atoms with E-state index in [0.717, 1.165) is 32.7 Å². The second-order valence-corrected chi connectivity index (χ2v) is 13.1. The Balaban J connectivity index is 0.944. The van der Waals surface area contributed by atoms with E-state index in [0.29, 0.717) is 28.3 Å². The van der Waals surface area contributed by atoms with Crippen molar-refractivity contribution in [1.82, 2.24) is 20.5 Å². The molecule has 2 aromatic heterocycles. The molecule has 0 aliphatic carbocycles. The Bertz CT molecular complexity index is 2530. The summed E-state index contributed by atoms with van der Waals surface area (Å²) in [4.78, 5) is 79.5. The molecule has 1 fully saturated rings. The van der Waals surface area contributed by atoms with Crippen LogP contribution in [0.2, 0.25) is 0 Å². The summed E-state index contributed by atoms with van der Waals surface area (Å²) in [5.74, 6) is -2.07. The zero-order valence-electron chi connectivity index (χ0n) is 28.9. The number of rotatable bonds is 9. The molecule has 4 aromatic carbocycles. The third-order valence-electron chi connectivity index (χ3n) is 9.63. The second-order valence-electron chi connectivity index (χ2n) is 13.1. The van der Waals surface area contributed by atoms with E-state index < -0.39 is 34.6 Å². The highest BCUT2D eigenvalue weighted by Crippen LogP contribution is 2.33. The van der Waals surface area contributed by atoms with Crippen molar-refractivity contribution in [3.05, 3.63) is 154 Å². The molecule has 2 aliphatic rings. The lowest BCUT2D eigenvalue weighted by Gasteiger charge is -2.27. The van der Waals surface area contributed by atoms with Crippen molar-refractivity contribution in [3.63, 3.8) is 0 Å². The van der Waals surface area contributed by atoms with Gasteiger partial charge in [-0.1, -0.05) is 42.5 Å². The van der Waals surface area contributed by atoms with Crippen molar-refractivity contribution in [2.24, 2.45) is 0 Å². The third-order valence-corrected chi connectivity index (χ3v) is 9.63. The van der Waals surface area contributed by atoms with Gasteiger partial charge in [0.15, 0.2) is 5.76 Å². The Labute approximate surface area is 312 Å². The topological polar surface area (TPSA) is 182 Å². The van der Waals surface area contributed by atoms with Gasteiger partial charge in [-0.15, -0.1) is 0 Å². The predicted octanol–water partition coefficient (Wildman–Crippen LogP) is 6.58. The number of amides is 5. The molecule has 1 saturated heterocycles. The van der Waals surface area contributed by atoms with Gasteiger partial charge in [0, 0.05) is 36.2 Å². The molecule has 8 rings (SSSR count). The Morgan fingerprint density at radius 2 is 1.42 bits per heavy atom. The summed E-state index contributed by atoms with van der Waals surface area (Å²) in [5.41, 5.74) is 6.90. The molecule has 6 aromatic rings. The fourth-order valence-corrected chi connectivity index (χ4v) is 6.73. The van der Waals surface area contributed by atoms with Crippen molar-refractivity contribution in [1.29, 1.82) is 0 Å². The lowest BCUT2D eigenvalue weighted by atomic mass is 9.98. The molecule has 270 valence electrons. The molecule has 2 N–H and O–H groups in total. The number of nitrogens with one attached hydrogen (secondary N) is 2. The fourth-order valence-electron chi connectivity index (χ4n) is 6.73. The van der Waals surface area contributed by atoms with E-state index in [1.54, 1.807) is 42.7 Å². The molecule has 13 nitrogen and oxygen atoms in total. The highest BCUT2D eigenvalue weighted by Gasteiger charge is 2.44. The Hall–Kier alpha value is -7.54. The first-order valence-corrected chi connectivity index (χ1v) is 17.3. The first kappa shape index (κ1) is 34.5. The molecule has 0 spiro atoms. The average molecular weight is 732 g/mol. The second kappa shape index (κ2) is 14.1. The highest BCUT2D eigenvalue weighted by molar-refractivity contribution is 6.23. The van der Waals surface area contributed by atoms with Crippen LogP contribution in [-0.2, 0) is 16.1 Å². The van der Waals surface area contributed by atoms with Crippen LogP contribution in [0.15, 0.2) is 126 Å². The molecule has 5 amide bonds. The van der Waals surface area contributed by atoms with Crippen molar-refractivity contribution in [2.75, 3.05) is 0 Å². The zero-order valence-corrected chi connectivity index (χ0v) is 28.9. The summed E-state index contributed by atoms with van der Waals surface area (Å²) in [7, 11) is 0. The molecule has 1 atom stereocenters. The number of furan rings is 1. The quantitative estimate of drug-likeness (QED) is 0.0943. The van der Waals surface area contributed by atoms with Gasteiger partial charge in [0.25, 0.3) is 23.4 Å². The molecule has 1 unspecified atom stereocenters. The smallest absolute Gasteiger partial charge is 0.269 e. The van der Waals surface area contributed by atoms with E-state index in [1.165, 1.54) is 24.3 Å². The van der Waals surface area contributed by atoms with Crippen molar-refractivity contribution >= 4 is 35.2 Å². The summed E-state index contributed by atoms with van der Waals surface area (Å²) < 4.78 is 5.62. The van der Waals surface area contributed by atoms with Crippen LogP contribution in [-0.4, -0.2) is 50.4 Å². The Morgan fingerprint density at radius 1 is 0.782 bits per heavy atom. The van der Waals surface area contributed by atoms with E-state index in [2.05, 4.69) is 10.6 Å². The number of fused-ring (bicyclic) bond motifs is 1. The summed E-state index contributed by atoms with van der Waals surface area (Å²) in [6.45, 7) is 0.0950. The molecule has 13 heteroatoms. The number of imide groups is 2. The van der Waals surface area contributed by atoms with Crippen LogP contribution >= 0.6 is 0 Å². The maximum absolute atomic E-state index is 13.2. The average Bonchev–Trinajstić information content (AvgIpc) is 3.84. The summed E-state index contributed by atoms with van der Waals surface area (Å²) in [5, 5.41) is 16.2. The number of carbonyl (C=O) groups excluding carboxylic acids is 5.